The van der Waals surface area contributed by atoms with E-state index in [0.717, 1.165) is 48.2 Å². The number of ether oxygens (including phenoxy) is 2. The molecular formula is C67H102O3. The lowest BCUT2D eigenvalue weighted by Gasteiger charge is -2.43. The third-order valence-electron chi connectivity index (χ3n) is 17.2. The first kappa shape index (κ1) is 57.7. The van der Waals surface area contributed by atoms with E-state index in [-0.39, 0.29) is 12.0 Å². The van der Waals surface area contributed by atoms with E-state index in [9.17, 15) is 5.11 Å². The van der Waals surface area contributed by atoms with Gasteiger partial charge in [-0.15, -0.1) is 0 Å². The fourth-order valence-corrected chi connectivity index (χ4v) is 13.2. The highest BCUT2D eigenvalue weighted by atomic mass is 16.5. The van der Waals surface area contributed by atoms with Gasteiger partial charge < -0.3 is 14.6 Å². The van der Waals surface area contributed by atoms with Crippen molar-refractivity contribution in [1.82, 2.24) is 0 Å². The molecule has 0 aromatic heterocycles. The molecule has 5 aliphatic carbocycles. The van der Waals surface area contributed by atoms with E-state index in [1.807, 2.05) is 7.11 Å². The summed E-state index contributed by atoms with van der Waals surface area (Å²) in [7, 11) is 1.85. The van der Waals surface area contributed by atoms with E-state index >= 15 is 0 Å². The molecule has 0 radical (unpaired) electrons. The molecule has 2 fully saturated rings. The minimum absolute atomic E-state index is 0.159. The Morgan fingerprint density at radius 3 is 1.86 bits per heavy atom. The van der Waals surface area contributed by atoms with Crippen LogP contribution < -0.4 is 0 Å². The van der Waals surface area contributed by atoms with E-state index in [0.29, 0.717) is 41.8 Å². The van der Waals surface area contributed by atoms with Crippen molar-refractivity contribution in [3.63, 3.8) is 0 Å². The van der Waals surface area contributed by atoms with E-state index in [4.69, 9.17) is 9.47 Å². The average molecular weight is 956 g/mol. The molecule has 6 unspecified atom stereocenters. The predicted molar refractivity (Wildman–Crippen MR) is 301 cm³/mol. The highest BCUT2D eigenvalue weighted by Crippen LogP contribution is 2.47. The largest absolute Gasteiger partial charge is 0.392 e. The first-order valence-corrected chi connectivity index (χ1v) is 28.6. The van der Waals surface area contributed by atoms with Crippen LogP contribution in [0, 0.1) is 41.4 Å². The zero-order chi connectivity index (χ0) is 51.0. The lowest BCUT2D eigenvalue weighted by atomic mass is 9.65. The number of hydrogen-bond donors (Lipinski definition) is 1. The van der Waals surface area contributed by atoms with Crippen molar-refractivity contribution in [1.29, 1.82) is 0 Å². The summed E-state index contributed by atoms with van der Waals surface area (Å²) in [6.45, 7) is 31.1. The summed E-state index contributed by atoms with van der Waals surface area (Å²) >= 11 is 0. The molecule has 3 heteroatoms. The van der Waals surface area contributed by atoms with E-state index in [1.165, 1.54) is 111 Å². The van der Waals surface area contributed by atoms with Crippen molar-refractivity contribution in [2.24, 2.45) is 41.4 Å². The van der Waals surface area contributed by atoms with Crippen LogP contribution in [0.5, 0.6) is 0 Å². The average Bonchev–Trinajstić information content (AvgIpc) is 4.08. The maximum atomic E-state index is 9.23. The quantitative estimate of drug-likeness (QED) is 0.172. The van der Waals surface area contributed by atoms with Crippen molar-refractivity contribution in [2.45, 2.75) is 228 Å². The fraction of sp³-hybridized carbons (Fsp3) is 0.642. The molecule has 0 bridgehead atoms. The third kappa shape index (κ3) is 16.1. The van der Waals surface area contributed by atoms with Gasteiger partial charge in [-0.3, -0.25) is 0 Å². The first-order valence-electron chi connectivity index (χ1n) is 28.6. The van der Waals surface area contributed by atoms with Gasteiger partial charge in [0.15, 0.2) is 0 Å². The Morgan fingerprint density at radius 1 is 0.571 bits per heavy atom. The van der Waals surface area contributed by atoms with Gasteiger partial charge in [-0.25, -0.2) is 0 Å². The van der Waals surface area contributed by atoms with Crippen LogP contribution in [0.2, 0.25) is 0 Å². The maximum Gasteiger partial charge on any atom is 0.0720 e. The number of aliphatic hydroxyl groups excluding tert-OH is 1. The van der Waals surface area contributed by atoms with E-state index in [2.05, 4.69) is 181 Å². The molecule has 0 saturated heterocycles. The van der Waals surface area contributed by atoms with Gasteiger partial charge in [0.1, 0.15) is 0 Å². The Labute approximate surface area is 430 Å². The SMILES string of the molecule is CC(C)C1CCCC1.CC(C)C1CCCC1OCc1ccccc1.CC(C)C1c2cc(CO)ccc2CCC1C.CC(C)c1cccc2c1CCCC2.COC1CC(C)(C)c2ccccc2C1C(C)C. The topological polar surface area (TPSA) is 38.7 Å². The number of fused-ring (bicyclic) bond motifs is 3. The monoisotopic (exact) mass is 955 g/mol. The molecule has 0 heterocycles. The number of rotatable bonds is 10. The second kappa shape index (κ2) is 28.3. The molecule has 6 atom stereocenters. The molecule has 0 spiro atoms. The highest BCUT2D eigenvalue weighted by molar-refractivity contribution is 5.41. The molecule has 9 rings (SSSR count). The van der Waals surface area contributed by atoms with Crippen molar-refractivity contribution in [3.8, 4) is 0 Å². The number of benzene rings is 4. The molecule has 5 aliphatic rings. The lowest BCUT2D eigenvalue weighted by molar-refractivity contribution is 0.00355. The summed E-state index contributed by atoms with van der Waals surface area (Å²) in [5.74, 6) is 7.48. The summed E-state index contributed by atoms with van der Waals surface area (Å²) in [4.78, 5) is 0. The van der Waals surface area contributed by atoms with Gasteiger partial charge in [0.05, 0.1) is 25.4 Å². The zero-order valence-corrected chi connectivity index (χ0v) is 47.2. The Hall–Kier alpha value is -3.24. The zero-order valence-electron chi connectivity index (χ0n) is 47.2. The summed E-state index contributed by atoms with van der Waals surface area (Å²) in [6, 6.07) is 32.7. The van der Waals surface area contributed by atoms with Crippen molar-refractivity contribution in [3.05, 3.63) is 141 Å². The molecule has 70 heavy (non-hydrogen) atoms. The molecule has 2 saturated carbocycles. The van der Waals surface area contributed by atoms with Gasteiger partial charge in [-0.1, -0.05) is 213 Å². The molecule has 388 valence electrons. The van der Waals surface area contributed by atoms with Crippen LogP contribution in [-0.2, 0) is 47.4 Å². The summed E-state index contributed by atoms with van der Waals surface area (Å²) < 4.78 is 11.8. The van der Waals surface area contributed by atoms with E-state index in [1.54, 1.807) is 16.7 Å². The van der Waals surface area contributed by atoms with Crippen molar-refractivity contribution >= 4 is 0 Å². The van der Waals surface area contributed by atoms with Gasteiger partial charge in [0.25, 0.3) is 0 Å². The van der Waals surface area contributed by atoms with Crippen molar-refractivity contribution < 1.29 is 14.6 Å². The second-order valence-electron chi connectivity index (χ2n) is 24.5. The molecule has 3 nitrogen and oxygen atoms in total. The molecule has 0 aliphatic heterocycles. The number of aryl methyl sites for hydroxylation is 2. The normalized spacial score (nSPS) is 23.5. The Morgan fingerprint density at radius 2 is 1.24 bits per heavy atom. The Kier molecular flexibility index (Phi) is 23.3. The van der Waals surface area contributed by atoms with Gasteiger partial charge >= 0.3 is 0 Å². The Balaban J connectivity index is 0.000000166. The molecule has 4 aromatic carbocycles. The smallest absolute Gasteiger partial charge is 0.0720 e. The predicted octanol–water partition coefficient (Wildman–Crippen LogP) is 18.2. The fourth-order valence-electron chi connectivity index (χ4n) is 13.2. The summed E-state index contributed by atoms with van der Waals surface area (Å²) in [5.41, 5.74) is 13.4. The Bertz CT molecular complexity index is 2090. The molecule has 0 amide bonds. The molecule has 1 N–H and O–H groups in total. The number of methoxy groups -OCH3 is 1. The van der Waals surface area contributed by atoms with Gasteiger partial charge in [0, 0.05) is 13.0 Å². The second-order valence-corrected chi connectivity index (χ2v) is 24.5. The van der Waals surface area contributed by atoms with Crippen LogP contribution in [0.4, 0.5) is 0 Å². The molecule has 4 aromatic rings. The van der Waals surface area contributed by atoms with Crippen LogP contribution in [0.3, 0.4) is 0 Å². The third-order valence-corrected chi connectivity index (χ3v) is 17.2. The van der Waals surface area contributed by atoms with Crippen LogP contribution in [0.15, 0.2) is 91.0 Å². The summed E-state index contributed by atoms with van der Waals surface area (Å²) in [6.07, 6.45) is 19.7. The standard InChI is InChI=1S/C16H24O.2C15H22O.C13H18.C8H16/c1-11(2)15-12-8-6-7-9-13(12)16(3,4)10-14(15)17-5;1-10(2)15-11(3)4-6-13-7-5-12(9-16)8-14(13)15;1-12(2)14-9-6-10-15(14)16-11-13-7-4-3-5-8-13;1-10(2)12-9-5-7-11-6-3-4-8-13(11)12;1-7(2)8-5-3-4-6-8/h6-9,11,14-15H,10H2,1-5H3;5,7-8,10-11,15-16H,4,6,9H2,1-3H3;3-5,7-8,12,14-15H,6,9-11H2,1-2H3;5,7,9-10H,3-4,6,8H2,1-2H3;7-8H,3-6H2,1-2H3. The number of hydrogen-bond acceptors (Lipinski definition) is 3. The highest BCUT2D eigenvalue weighted by Gasteiger charge is 2.40. The van der Waals surface area contributed by atoms with Crippen LogP contribution in [-0.4, -0.2) is 24.4 Å². The van der Waals surface area contributed by atoms with Crippen molar-refractivity contribution in [2.75, 3.05) is 7.11 Å². The van der Waals surface area contributed by atoms with Gasteiger partial charge in [-0.05, 0) is 167 Å². The van der Waals surface area contributed by atoms with Gasteiger partial charge in [0.2, 0.25) is 0 Å². The minimum Gasteiger partial charge on any atom is -0.392 e. The lowest BCUT2D eigenvalue weighted by Crippen LogP contribution is -2.39. The number of aliphatic hydroxyl groups is 1. The van der Waals surface area contributed by atoms with Gasteiger partial charge in [-0.2, -0.15) is 0 Å². The molecular weight excluding hydrogens is 853 g/mol. The summed E-state index contributed by atoms with van der Waals surface area (Å²) in [5, 5.41) is 9.23. The van der Waals surface area contributed by atoms with Crippen LogP contribution >= 0.6 is 0 Å². The first-order chi connectivity index (χ1) is 33.5. The van der Waals surface area contributed by atoms with Crippen LogP contribution in [0.25, 0.3) is 0 Å². The van der Waals surface area contributed by atoms with E-state index < -0.39 is 0 Å². The van der Waals surface area contributed by atoms with Crippen LogP contribution in [0.1, 0.15) is 228 Å². The minimum atomic E-state index is 0.159. The maximum absolute atomic E-state index is 9.23.